The standard InChI is InChI=1S/C11H16N2O/c1-7(14)11(12)9-2-3-10-8(6-9)4-5-13-10/h2-3,6-7,11,13-14H,4-5,12H2,1H3. The van der Waals surface area contributed by atoms with Crippen molar-refractivity contribution in [2.45, 2.75) is 25.5 Å². The van der Waals surface area contributed by atoms with E-state index in [4.69, 9.17) is 5.73 Å². The van der Waals surface area contributed by atoms with Crippen molar-refractivity contribution in [3.05, 3.63) is 29.3 Å². The molecular formula is C11H16N2O. The fourth-order valence-electron chi connectivity index (χ4n) is 1.81. The Morgan fingerprint density at radius 1 is 1.50 bits per heavy atom. The largest absolute Gasteiger partial charge is 0.391 e. The molecule has 0 aliphatic carbocycles. The first-order valence-corrected chi connectivity index (χ1v) is 4.99. The van der Waals surface area contributed by atoms with Crippen molar-refractivity contribution in [1.29, 1.82) is 0 Å². The predicted molar refractivity (Wildman–Crippen MR) is 57.2 cm³/mol. The molecule has 0 radical (unpaired) electrons. The quantitative estimate of drug-likeness (QED) is 0.656. The number of nitrogens with two attached hydrogens (primary N) is 1. The number of hydrogen-bond acceptors (Lipinski definition) is 3. The van der Waals surface area contributed by atoms with Crippen LogP contribution in [0.2, 0.25) is 0 Å². The van der Waals surface area contributed by atoms with E-state index in [9.17, 15) is 5.11 Å². The van der Waals surface area contributed by atoms with Gasteiger partial charge in [0.2, 0.25) is 0 Å². The summed E-state index contributed by atoms with van der Waals surface area (Å²) in [6, 6.07) is 5.84. The number of fused-ring (bicyclic) bond motifs is 1. The molecule has 14 heavy (non-hydrogen) atoms. The maximum absolute atomic E-state index is 9.38. The minimum absolute atomic E-state index is 0.277. The van der Waals surface area contributed by atoms with Crippen LogP contribution in [0.5, 0.6) is 0 Å². The number of nitrogens with one attached hydrogen (secondary N) is 1. The monoisotopic (exact) mass is 192 g/mol. The van der Waals surface area contributed by atoms with E-state index >= 15 is 0 Å². The second-order valence-corrected chi connectivity index (χ2v) is 3.86. The van der Waals surface area contributed by atoms with Gasteiger partial charge in [0.15, 0.2) is 0 Å². The second kappa shape index (κ2) is 3.59. The molecule has 4 N–H and O–H groups in total. The van der Waals surface area contributed by atoms with Gasteiger partial charge < -0.3 is 16.2 Å². The van der Waals surface area contributed by atoms with Gasteiger partial charge >= 0.3 is 0 Å². The molecule has 0 amide bonds. The maximum Gasteiger partial charge on any atom is 0.0704 e. The summed E-state index contributed by atoms with van der Waals surface area (Å²) in [6.45, 7) is 2.72. The molecule has 0 aromatic heterocycles. The average molecular weight is 192 g/mol. The summed E-state index contributed by atoms with van der Waals surface area (Å²) in [5, 5.41) is 12.7. The lowest BCUT2D eigenvalue weighted by molar-refractivity contribution is 0.164. The molecule has 2 rings (SSSR count). The summed E-state index contributed by atoms with van der Waals surface area (Å²) in [6.07, 6.45) is 0.554. The van der Waals surface area contributed by atoms with Crippen LogP contribution in [0.15, 0.2) is 18.2 Å². The highest BCUT2D eigenvalue weighted by Gasteiger charge is 2.15. The molecule has 2 unspecified atom stereocenters. The molecule has 0 spiro atoms. The molecule has 1 aliphatic rings. The fraction of sp³-hybridized carbons (Fsp3) is 0.455. The highest BCUT2D eigenvalue weighted by atomic mass is 16.3. The van der Waals surface area contributed by atoms with E-state index in [-0.39, 0.29) is 6.04 Å². The zero-order valence-electron chi connectivity index (χ0n) is 8.33. The summed E-state index contributed by atoms with van der Waals surface area (Å²) in [7, 11) is 0. The molecule has 1 aromatic rings. The fourth-order valence-corrected chi connectivity index (χ4v) is 1.81. The maximum atomic E-state index is 9.38. The number of aliphatic hydroxyl groups is 1. The molecule has 76 valence electrons. The van der Waals surface area contributed by atoms with Crippen molar-refractivity contribution in [3.63, 3.8) is 0 Å². The number of rotatable bonds is 2. The van der Waals surface area contributed by atoms with Gasteiger partial charge in [0, 0.05) is 12.2 Å². The van der Waals surface area contributed by atoms with Crippen LogP contribution in [0, 0.1) is 0 Å². The van der Waals surface area contributed by atoms with E-state index in [1.54, 1.807) is 6.92 Å². The van der Waals surface area contributed by atoms with Crippen molar-refractivity contribution in [1.82, 2.24) is 0 Å². The van der Waals surface area contributed by atoms with Gasteiger partial charge in [0.25, 0.3) is 0 Å². The van der Waals surface area contributed by atoms with Gasteiger partial charge in [-0.15, -0.1) is 0 Å². The number of benzene rings is 1. The van der Waals surface area contributed by atoms with Gasteiger partial charge in [-0.25, -0.2) is 0 Å². The van der Waals surface area contributed by atoms with Crippen molar-refractivity contribution in [2.75, 3.05) is 11.9 Å². The van der Waals surface area contributed by atoms with Crippen molar-refractivity contribution >= 4 is 5.69 Å². The van der Waals surface area contributed by atoms with Gasteiger partial charge in [-0.3, -0.25) is 0 Å². The summed E-state index contributed by atoms with van der Waals surface area (Å²) in [5.41, 5.74) is 9.38. The molecule has 0 saturated heterocycles. The summed E-state index contributed by atoms with van der Waals surface area (Å²) >= 11 is 0. The summed E-state index contributed by atoms with van der Waals surface area (Å²) in [4.78, 5) is 0. The molecule has 1 aliphatic heterocycles. The lowest BCUT2D eigenvalue weighted by Gasteiger charge is -2.15. The first-order chi connectivity index (χ1) is 6.68. The van der Waals surface area contributed by atoms with Gasteiger partial charge in [0.1, 0.15) is 0 Å². The Balaban J connectivity index is 2.28. The lowest BCUT2D eigenvalue weighted by atomic mass is 10.00. The third kappa shape index (κ3) is 1.61. The third-order valence-electron chi connectivity index (χ3n) is 2.74. The predicted octanol–water partition coefficient (Wildman–Crippen LogP) is 1.04. The Hall–Kier alpha value is -1.06. The highest BCUT2D eigenvalue weighted by molar-refractivity contribution is 5.56. The van der Waals surface area contributed by atoms with E-state index in [1.165, 1.54) is 11.3 Å². The molecule has 1 heterocycles. The minimum Gasteiger partial charge on any atom is -0.391 e. The van der Waals surface area contributed by atoms with E-state index in [0.717, 1.165) is 18.5 Å². The van der Waals surface area contributed by atoms with Crippen LogP contribution in [0.1, 0.15) is 24.1 Å². The molecule has 1 aromatic carbocycles. The lowest BCUT2D eigenvalue weighted by Crippen LogP contribution is -2.23. The van der Waals surface area contributed by atoms with Crippen LogP contribution in [0.3, 0.4) is 0 Å². The van der Waals surface area contributed by atoms with Crippen molar-refractivity contribution in [3.8, 4) is 0 Å². The van der Waals surface area contributed by atoms with Crippen LogP contribution in [-0.2, 0) is 6.42 Å². The first kappa shape index (κ1) is 9.49. The molecular weight excluding hydrogens is 176 g/mol. The molecule has 3 nitrogen and oxygen atoms in total. The van der Waals surface area contributed by atoms with Gasteiger partial charge in [-0.1, -0.05) is 12.1 Å². The van der Waals surface area contributed by atoms with Crippen LogP contribution in [0.25, 0.3) is 0 Å². The zero-order valence-corrected chi connectivity index (χ0v) is 8.33. The van der Waals surface area contributed by atoms with Crippen LogP contribution >= 0.6 is 0 Å². The van der Waals surface area contributed by atoms with Crippen LogP contribution in [0.4, 0.5) is 5.69 Å². The molecule has 0 bridgehead atoms. The Bertz CT molecular complexity index is 336. The second-order valence-electron chi connectivity index (χ2n) is 3.86. The first-order valence-electron chi connectivity index (χ1n) is 4.99. The Morgan fingerprint density at radius 2 is 2.29 bits per heavy atom. The van der Waals surface area contributed by atoms with E-state index in [2.05, 4.69) is 11.4 Å². The molecule has 0 saturated carbocycles. The SMILES string of the molecule is CC(O)C(N)c1ccc2c(c1)CCN2. The minimum atomic E-state index is -0.498. The van der Waals surface area contributed by atoms with Crippen molar-refractivity contribution < 1.29 is 5.11 Å². The van der Waals surface area contributed by atoms with Gasteiger partial charge in [0.05, 0.1) is 12.1 Å². The molecule has 0 fully saturated rings. The summed E-state index contributed by atoms with van der Waals surface area (Å²) in [5.74, 6) is 0. The van der Waals surface area contributed by atoms with Gasteiger partial charge in [-0.05, 0) is 30.5 Å². The van der Waals surface area contributed by atoms with E-state index < -0.39 is 6.10 Å². The summed E-state index contributed by atoms with van der Waals surface area (Å²) < 4.78 is 0. The topological polar surface area (TPSA) is 58.3 Å². The van der Waals surface area contributed by atoms with E-state index in [0.29, 0.717) is 0 Å². The Labute approximate surface area is 83.9 Å². The van der Waals surface area contributed by atoms with Gasteiger partial charge in [-0.2, -0.15) is 0 Å². The smallest absolute Gasteiger partial charge is 0.0704 e. The normalized spacial score (nSPS) is 18.5. The van der Waals surface area contributed by atoms with Crippen LogP contribution < -0.4 is 11.1 Å². The molecule has 3 heteroatoms. The number of aliphatic hydroxyl groups excluding tert-OH is 1. The number of anilines is 1. The third-order valence-corrected chi connectivity index (χ3v) is 2.74. The number of hydrogen-bond donors (Lipinski definition) is 3. The molecule has 2 atom stereocenters. The van der Waals surface area contributed by atoms with Crippen LogP contribution in [-0.4, -0.2) is 17.8 Å². The Morgan fingerprint density at radius 3 is 3.00 bits per heavy atom. The van der Waals surface area contributed by atoms with E-state index in [1.807, 2.05) is 12.1 Å². The average Bonchev–Trinajstić information content (AvgIpc) is 2.62. The van der Waals surface area contributed by atoms with Crippen molar-refractivity contribution in [2.24, 2.45) is 5.73 Å². The zero-order chi connectivity index (χ0) is 10.1. The highest BCUT2D eigenvalue weighted by Crippen LogP contribution is 2.25. The Kier molecular flexibility index (Phi) is 2.44.